The number of benzene rings is 1. The molecule has 8 heteroatoms. The van der Waals surface area contributed by atoms with Gasteiger partial charge in [0.05, 0.1) is 34.7 Å². The molecule has 1 aliphatic rings. The quantitative estimate of drug-likeness (QED) is 0.634. The first kappa shape index (κ1) is 16.9. The van der Waals surface area contributed by atoms with Crippen LogP contribution >= 0.6 is 23.2 Å². The molecule has 1 aromatic carbocycles. The number of anilines is 1. The van der Waals surface area contributed by atoms with Gasteiger partial charge in [-0.3, -0.25) is 0 Å². The van der Waals surface area contributed by atoms with Crippen molar-refractivity contribution in [2.45, 2.75) is 6.42 Å². The monoisotopic (exact) mass is 388 g/mol. The van der Waals surface area contributed by atoms with Crippen LogP contribution in [0.5, 0.6) is 0 Å². The fourth-order valence-electron chi connectivity index (χ4n) is 3.05. The Morgan fingerprint density at radius 3 is 2.88 bits per heavy atom. The lowest BCUT2D eigenvalue weighted by atomic mass is 10.1. The molecule has 0 saturated carbocycles. The van der Waals surface area contributed by atoms with Gasteiger partial charge in [0.2, 0.25) is 0 Å². The van der Waals surface area contributed by atoms with Gasteiger partial charge in [0.15, 0.2) is 0 Å². The molecular formula is C18H14Cl2N4O2. The lowest BCUT2D eigenvalue weighted by Gasteiger charge is -2.22. The topological polar surface area (TPSA) is 60.2 Å². The predicted molar refractivity (Wildman–Crippen MR) is 101 cm³/mol. The lowest BCUT2D eigenvalue weighted by molar-refractivity contribution is -0.136. The van der Waals surface area contributed by atoms with Gasteiger partial charge in [-0.25, -0.2) is 14.8 Å². The minimum Gasteiger partial charge on any atom is -0.464 e. The first-order valence-corrected chi connectivity index (χ1v) is 8.69. The summed E-state index contributed by atoms with van der Waals surface area (Å²) < 4.78 is 6.75. The number of pyridine rings is 1. The van der Waals surface area contributed by atoms with E-state index in [1.54, 1.807) is 18.6 Å². The number of methoxy groups -OCH3 is 1. The van der Waals surface area contributed by atoms with Crippen molar-refractivity contribution in [2.24, 2.45) is 0 Å². The van der Waals surface area contributed by atoms with Crippen molar-refractivity contribution in [3.63, 3.8) is 0 Å². The second-order valence-electron chi connectivity index (χ2n) is 5.75. The summed E-state index contributed by atoms with van der Waals surface area (Å²) in [6.45, 7) is 0.629. The van der Waals surface area contributed by atoms with E-state index >= 15 is 0 Å². The van der Waals surface area contributed by atoms with E-state index in [0.29, 0.717) is 33.6 Å². The molecule has 132 valence electrons. The number of hydrogen-bond acceptors (Lipinski definition) is 5. The van der Waals surface area contributed by atoms with E-state index in [0.717, 1.165) is 17.5 Å². The van der Waals surface area contributed by atoms with Crippen LogP contribution in [0.4, 0.5) is 5.82 Å². The second kappa shape index (κ2) is 6.63. The summed E-state index contributed by atoms with van der Waals surface area (Å²) in [4.78, 5) is 22.7. The number of fused-ring (bicyclic) bond motifs is 1. The van der Waals surface area contributed by atoms with Crippen molar-refractivity contribution in [3.8, 4) is 5.69 Å². The summed E-state index contributed by atoms with van der Waals surface area (Å²) in [6.07, 6.45) is 7.80. The van der Waals surface area contributed by atoms with Crippen molar-refractivity contribution in [3.05, 3.63) is 58.7 Å². The summed E-state index contributed by atoms with van der Waals surface area (Å²) in [5, 5.41) is 1.63. The second-order valence-corrected chi connectivity index (χ2v) is 6.53. The molecule has 6 nitrogen and oxygen atoms in total. The SMILES string of the molecule is COC(=O)C1=CCCN1c1cc(-n2ccnc2)c2ccc(Cl)c(Cl)c2n1. The molecule has 0 saturated heterocycles. The third-order valence-corrected chi connectivity index (χ3v) is 5.07. The molecule has 0 amide bonds. The van der Waals surface area contributed by atoms with Crippen molar-refractivity contribution >= 4 is 45.9 Å². The fourth-order valence-corrected chi connectivity index (χ4v) is 3.41. The van der Waals surface area contributed by atoms with Crippen molar-refractivity contribution in [1.82, 2.24) is 14.5 Å². The average Bonchev–Trinajstić information content (AvgIpc) is 3.35. The van der Waals surface area contributed by atoms with Crippen LogP contribution in [-0.4, -0.2) is 34.2 Å². The Hall–Kier alpha value is -2.57. The third-order valence-electron chi connectivity index (χ3n) is 4.27. The highest BCUT2D eigenvalue weighted by Gasteiger charge is 2.26. The highest BCUT2D eigenvalue weighted by atomic mass is 35.5. The maximum atomic E-state index is 12.1. The number of esters is 1. The first-order chi connectivity index (χ1) is 12.6. The fraction of sp³-hybridized carbons (Fsp3) is 0.167. The zero-order valence-corrected chi connectivity index (χ0v) is 15.3. The van der Waals surface area contributed by atoms with Crippen LogP contribution < -0.4 is 4.90 Å². The molecule has 3 aromatic rings. The maximum Gasteiger partial charge on any atom is 0.354 e. The Morgan fingerprint density at radius 2 is 2.15 bits per heavy atom. The number of nitrogens with zero attached hydrogens (tertiary/aromatic N) is 4. The maximum absolute atomic E-state index is 12.1. The van der Waals surface area contributed by atoms with Crippen LogP contribution in [0.25, 0.3) is 16.6 Å². The summed E-state index contributed by atoms with van der Waals surface area (Å²) in [5.41, 5.74) is 1.88. The number of imidazole rings is 1. The molecule has 1 aliphatic heterocycles. The van der Waals surface area contributed by atoms with Crippen LogP contribution in [0, 0.1) is 0 Å². The van der Waals surface area contributed by atoms with E-state index in [1.165, 1.54) is 7.11 Å². The summed E-state index contributed by atoms with van der Waals surface area (Å²) in [5.74, 6) is 0.199. The zero-order valence-electron chi connectivity index (χ0n) is 13.8. The van der Waals surface area contributed by atoms with Gasteiger partial charge >= 0.3 is 5.97 Å². The van der Waals surface area contributed by atoms with Gasteiger partial charge in [0.25, 0.3) is 0 Å². The van der Waals surface area contributed by atoms with Crippen LogP contribution in [0.15, 0.2) is 48.7 Å². The van der Waals surface area contributed by atoms with Crippen LogP contribution in [0.1, 0.15) is 6.42 Å². The number of carbonyl (C=O) groups is 1. The Morgan fingerprint density at radius 1 is 1.31 bits per heavy atom. The number of rotatable bonds is 3. The van der Waals surface area contributed by atoms with Gasteiger partial charge in [0, 0.05) is 30.4 Å². The van der Waals surface area contributed by atoms with E-state index in [1.807, 2.05) is 33.9 Å². The average molecular weight is 389 g/mol. The van der Waals surface area contributed by atoms with Crippen LogP contribution in [0.3, 0.4) is 0 Å². The van der Waals surface area contributed by atoms with Gasteiger partial charge in [-0.05, 0) is 18.6 Å². The van der Waals surface area contributed by atoms with Crippen molar-refractivity contribution in [2.75, 3.05) is 18.6 Å². The Bertz CT molecular complexity index is 1030. The number of aromatic nitrogens is 3. The van der Waals surface area contributed by atoms with E-state index in [9.17, 15) is 4.79 Å². The first-order valence-electron chi connectivity index (χ1n) is 7.93. The Balaban J connectivity index is 1.95. The highest BCUT2D eigenvalue weighted by Crippen LogP contribution is 2.36. The minimum atomic E-state index is -0.397. The third kappa shape index (κ3) is 2.71. The van der Waals surface area contributed by atoms with Crippen molar-refractivity contribution < 1.29 is 9.53 Å². The molecule has 0 unspecified atom stereocenters. The van der Waals surface area contributed by atoms with E-state index < -0.39 is 5.97 Å². The molecular weight excluding hydrogens is 375 g/mol. The standard InChI is InChI=1S/C18H14Cl2N4O2/c1-26-18(25)13-3-2-7-24(13)15-9-14(23-8-6-21-10-23)11-4-5-12(19)16(20)17(11)22-15/h3-6,8-10H,2,7H2,1H3. The molecule has 0 atom stereocenters. The number of hydrogen-bond donors (Lipinski definition) is 0. The largest absolute Gasteiger partial charge is 0.464 e. The molecule has 0 radical (unpaired) electrons. The highest BCUT2D eigenvalue weighted by molar-refractivity contribution is 6.45. The minimum absolute atomic E-state index is 0.371. The van der Waals surface area contributed by atoms with Gasteiger partial charge in [-0.2, -0.15) is 0 Å². The number of carbonyl (C=O) groups excluding carboxylic acids is 1. The van der Waals surface area contributed by atoms with Gasteiger partial charge < -0.3 is 14.2 Å². The summed E-state index contributed by atoms with van der Waals surface area (Å²) in [7, 11) is 1.36. The smallest absolute Gasteiger partial charge is 0.354 e. The Labute approximate surface area is 159 Å². The number of halogens is 2. The zero-order chi connectivity index (χ0) is 18.3. The molecule has 26 heavy (non-hydrogen) atoms. The molecule has 0 N–H and O–H groups in total. The molecule has 3 heterocycles. The van der Waals surface area contributed by atoms with E-state index in [-0.39, 0.29) is 0 Å². The van der Waals surface area contributed by atoms with Crippen LogP contribution in [-0.2, 0) is 9.53 Å². The number of ether oxygens (including phenoxy) is 1. The molecule has 0 bridgehead atoms. The summed E-state index contributed by atoms with van der Waals surface area (Å²) >= 11 is 12.6. The van der Waals surface area contributed by atoms with Crippen molar-refractivity contribution in [1.29, 1.82) is 0 Å². The van der Waals surface area contributed by atoms with E-state index in [4.69, 9.17) is 27.9 Å². The van der Waals surface area contributed by atoms with Gasteiger partial charge in [-0.1, -0.05) is 29.3 Å². The lowest BCUT2D eigenvalue weighted by Crippen LogP contribution is -2.25. The van der Waals surface area contributed by atoms with Gasteiger partial charge in [-0.15, -0.1) is 0 Å². The molecule has 4 rings (SSSR count). The van der Waals surface area contributed by atoms with Gasteiger partial charge in [0.1, 0.15) is 11.5 Å². The molecule has 0 aliphatic carbocycles. The van der Waals surface area contributed by atoms with Crippen LogP contribution in [0.2, 0.25) is 10.0 Å². The normalized spacial score (nSPS) is 14.0. The predicted octanol–water partition coefficient (Wildman–Crippen LogP) is 3.99. The van der Waals surface area contributed by atoms with E-state index in [2.05, 4.69) is 9.97 Å². The molecule has 0 spiro atoms. The molecule has 0 fully saturated rings. The summed E-state index contributed by atoms with van der Waals surface area (Å²) in [6, 6.07) is 5.51. The Kier molecular flexibility index (Phi) is 4.30. The molecule has 2 aromatic heterocycles.